The number of amides is 1. The van der Waals surface area contributed by atoms with Crippen molar-refractivity contribution in [1.29, 1.82) is 0 Å². The van der Waals surface area contributed by atoms with Crippen molar-refractivity contribution >= 4 is 17.3 Å². The highest BCUT2D eigenvalue weighted by molar-refractivity contribution is 5.93. The van der Waals surface area contributed by atoms with Crippen molar-refractivity contribution in [3.8, 4) is 0 Å². The van der Waals surface area contributed by atoms with Gasteiger partial charge in [-0.1, -0.05) is 12.1 Å². The van der Waals surface area contributed by atoms with E-state index in [0.717, 1.165) is 30.3 Å². The summed E-state index contributed by atoms with van der Waals surface area (Å²) in [5.41, 5.74) is -1.65. The molecule has 0 aliphatic carbocycles. The first-order chi connectivity index (χ1) is 14.0. The average molecular weight is 432 g/mol. The molecule has 1 amide bonds. The summed E-state index contributed by atoms with van der Waals surface area (Å²) in [6, 6.07) is 7.51. The minimum absolute atomic E-state index is 0.249. The van der Waals surface area contributed by atoms with Crippen LogP contribution in [-0.4, -0.2) is 32.2 Å². The van der Waals surface area contributed by atoms with Crippen LogP contribution < -0.4 is 10.2 Å². The van der Waals surface area contributed by atoms with Gasteiger partial charge in [-0.05, 0) is 35.9 Å². The van der Waals surface area contributed by atoms with E-state index in [1.807, 2.05) is 0 Å². The second-order valence-corrected chi connectivity index (χ2v) is 6.75. The zero-order valence-electron chi connectivity index (χ0n) is 15.6. The molecule has 0 radical (unpaired) electrons. The third-order valence-corrected chi connectivity index (χ3v) is 4.60. The maximum atomic E-state index is 13.5. The van der Waals surface area contributed by atoms with Crippen molar-refractivity contribution in [1.82, 2.24) is 0 Å². The number of morpholine rings is 1. The van der Waals surface area contributed by atoms with Crippen LogP contribution in [0.5, 0.6) is 0 Å². The molecule has 162 valence electrons. The molecule has 1 heterocycles. The van der Waals surface area contributed by atoms with E-state index in [1.54, 1.807) is 4.90 Å². The second kappa shape index (κ2) is 8.55. The molecule has 1 aliphatic rings. The lowest BCUT2D eigenvalue weighted by molar-refractivity contribution is -0.138. The standard InChI is InChI=1S/C20H18F6N2O2/c21-19(22,23)14-3-1-13(2-4-14)11-18(29)27-17-6-5-15(12-16(17)20(24,25)26)28-7-9-30-10-8-28/h1-6,12H,7-11H2,(H,27,29). The van der Waals surface area contributed by atoms with Crippen LogP contribution in [0.4, 0.5) is 37.7 Å². The monoisotopic (exact) mass is 432 g/mol. The Hall–Kier alpha value is -2.75. The number of hydrogen-bond acceptors (Lipinski definition) is 3. The zero-order chi connectivity index (χ0) is 21.9. The van der Waals surface area contributed by atoms with Crippen LogP contribution in [0.3, 0.4) is 0 Å². The predicted octanol–water partition coefficient (Wildman–Crippen LogP) is 4.74. The van der Waals surface area contributed by atoms with Crippen LogP contribution in [0.15, 0.2) is 42.5 Å². The maximum absolute atomic E-state index is 13.5. The van der Waals surface area contributed by atoms with E-state index >= 15 is 0 Å². The average Bonchev–Trinajstić information content (AvgIpc) is 2.68. The molecule has 4 nitrogen and oxygen atoms in total. The summed E-state index contributed by atoms with van der Waals surface area (Å²) < 4.78 is 83.6. The summed E-state index contributed by atoms with van der Waals surface area (Å²) in [6.45, 7) is 1.73. The number of halogens is 6. The van der Waals surface area contributed by atoms with Crippen molar-refractivity contribution in [2.75, 3.05) is 36.5 Å². The molecule has 2 aromatic rings. The van der Waals surface area contributed by atoms with Crippen LogP contribution in [-0.2, 0) is 28.3 Å². The summed E-state index contributed by atoms with van der Waals surface area (Å²) >= 11 is 0. The van der Waals surface area contributed by atoms with Crippen molar-refractivity contribution in [2.24, 2.45) is 0 Å². The van der Waals surface area contributed by atoms with Gasteiger partial charge in [0.05, 0.1) is 36.4 Å². The molecule has 0 bridgehead atoms. The van der Waals surface area contributed by atoms with Gasteiger partial charge in [-0.15, -0.1) is 0 Å². The third-order valence-electron chi connectivity index (χ3n) is 4.60. The van der Waals surface area contributed by atoms with Crippen LogP contribution >= 0.6 is 0 Å². The van der Waals surface area contributed by atoms with Crippen LogP contribution in [0.2, 0.25) is 0 Å². The molecule has 1 fully saturated rings. The van der Waals surface area contributed by atoms with Crippen molar-refractivity contribution in [3.63, 3.8) is 0 Å². The Kier molecular flexibility index (Phi) is 6.25. The molecule has 0 unspecified atom stereocenters. The van der Waals surface area contributed by atoms with Crippen molar-refractivity contribution in [3.05, 3.63) is 59.2 Å². The Balaban J connectivity index is 1.75. The van der Waals surface area contributed by atoms with E-state index in [9.17, 15) is 31.1 Å². The number of rotatable bonds is 4. The highest BCUT2D eigenvalue weighted by atomic mass is 19.4. The Labute approximate surface area is 168 Å². The zero-order valence-corrected chi connectivity index (χ0v) is 15.6. The molecule has 30 heavy (non-hydrogen) atoms. The minimum Gasteiger partial charge on any atom is -0.378 e. The maximum Gasteiger partial charge on any atom is 0.418 e. The highest BCUT2D eigenvalue weighted by Gasteiger charge is 2.35. The molecule has 3 rings (SSSR count). The van der Waals surface area contributed by atoms with Gasteiger partial charge < -0.3 is 15.0 Å². The Morgan fingerprint density at radius 3 is 2.13 bits per heavy atom. The topological polar surface area (TPSA) is 41.6 Å². The number of nitrogens with zero attached hydrogens (tertiary/aromatic N) is 1. The third kappa shape index (κ3) is 5.44. The second-order valence-electron chi connectivity index (χ2n) is 6.75. The summed E-state index contributed by atoms with van der Waals surface area (Å²) in [4.78, 5) is 14.0. The first-order valence-corrected chi connectivity index (χ1v) is 9.04. The molecule has 1 aliphatic heterocycles. The molecule has 0 saturated carbocycles. The molecular formula is C20H18F6N2O2. The van der Waals surface area contributed by atoms with Gasteiger partial charge in [0.2, 0.25) is 5.91 Å². The number of carbonyl (C=O) groups excluding carboxylic acids is 1. The summed E-state index contributed by atoms with van der Waals surface area (Å²) in [6.07, 6.45) is -9.56. The van der Waals surface area contributed by atoms with Gasteiger partial charge in [-0.25, -0.2) is 0 Å². The van der Waals surface area contributed by atoms with E-state index in [-0.39, 0.29) is 12.0 Å². The van der Waals surface area contributed by atoms with Gasteiger partial charge in [0, 0.05) is 18.8 Å². The molecule has 0 spiro atoms. The summed E-state index contributed by atoms with van der Waals surface area (Å²) in [5, 5.41) is 2.22. The van der Waals surface area contributed by atoms with Crippen molar-refractivity contribution < 1.29 is 35.9 Å². The molecule has 1 N–H and O–H groups in total. The van der Waals surface area contributed by atoms with E-state index in [0.29, 0.717) is 32.0 Å². The lowest BCUT2D eigenvalue weighted by Crippen LogP contribution is -2.36. The molecule has 0 aromatic heterocycles. The number of benzene rings is 2. The Morgan fingerprint density at radius 1 is 0.933 bits per heavy atom. The van der Waals surface area contributed by atoms with Crippen molar-refractivity contribution in [2.45, 2.75) is 18.8 Å². The van der Waals surface area contributed by atoms with Gasteiger partial charge in [-0.2, -0.15) is 26.3 Å². The smallest absolute Gasteiger partial charge is 0.378 e. The minimum atomic E-state index is -4.70. The van der Waals surface area contributed by atoms with Gasteiger partial charge >= 0.3 is 12.4 Å². The van der Waals surface area contributed by atoms with Crippen LogP contribution in [0.1, 0.15) is 16.7 Å². The fourth-order valence-electron chi connectivity index (χ4n) is 3.09. The van der Waals surface area contributed by atoms with Gasteiger partial charge in [0.25, 0.3) is 0 Å². The quantitative estimate of drug-likeness (QED) is 0.710. The van der Waals surface area contributed by atoms with E-state index in [4.69, 9.17) is 4.74 Å². The van der Waals surface area contributed by atoms with Gasteiger partial charge in [-0.3, -0.25) is 4.79 Å². The largest absolute Gasteiger partial charge is 0.418 e. The lowest BCUT2D eigenvalue weighted by atomic mass is 10.1. The number of carbonyl (C=O) groups is 1. The number of nitrogens with one attached hydrogen (secondary N) is 1. The van der Waals surface area contributed by atoms with Gasteiger partial charge in [0.1, 0.15) is 0 Å². The van der Waals surface area contributed by atoms with Gasteiger partial charge in [0.15, 0.2) is 0 Å². The fraction of sp³-hybridized carbons (Fsp3) is 0.350. The molecule has 0 atom stereocenters. The molecule has 10 heteroatoms. The Bertz CT molecular complexity index is 888. The number of hydrogen-bond donors (Lipinski definition) is 1. The van der Waals surface area contributed by atoms with Crippen LogP contribution in [0.25, 0.3) is 0 Å². The number of ether oxygens (including phenoxy) is 1. The van der Waals surface area contributed by atoms with E-state index < -0.39 is 35.1 Å². The number of anilines is 2. The molecular weight excluding hydrogens is 414 g/mol. The SMILES string of the molecule is O=C(Cc1ccc(C(F)(F)F)cc1)Nc1ccc(N2CCOCC2)cc1C(F)(F)F. The molecule has 1 saturated heterocycles. The highest BCUT2D eigenvalue weighted by Crippen LogP contribution is 2.37. The van der Waals surface area contributed by atoms with E-state index in [1.165, 1.54) is 12.1 Å². The van der Waals surface area contributed by atoms with Crippen LogP contribution in [0, 0.1) is 0 Å². The normalized spacial score (nSPS) is 15.2. The first kappa shape index (κ1) is 21.9. The fourth-order valence-corrected chi connectivity index (χ4v) is 3.09. The summed E-state index contributed by atoms with van der Waals surface area (Å²) in [7, 11) is 0. The summed E-state index contributed by atoms with van der Waals surface area (Å²) in [5.74, 6) is -0.764. The predicted molar refractivity (Wildman–Crippen MR) is 98.3 cm³/mol. The molecule has 2 aromatic carbocycles. The number of alkyl halides is 6. The first-order valence-electron chi connectivity index (χ1n) is 9.04. The Morgan fingerprint density at radius 2 is 1.57 bits per heavy atom. The lowest BCUT2D eigenvalue weighted by Gasteiger charge is -2.29. The van der Waals surface area contributed by atoms with E-state index in [2.05, 4.69) is 5.32 Å².